The number of sulfonamides is 1. The average molecular weight is 470 g/mol. The fourth-order valence-electron chi connectivity index (χ4n) is 2.66. The van der Waals surface area contributed by atoms with Crippen molar-refractivity contribution in [2.75, 3.05) is 12.3 Å². The minimum Gasteiger partial charge on any atom is -0.355 e. The molecular weight excluding hydrogens is 453 g/mol. The molecular formula is C19H17F3N4O3S2. The number of amides is 1. The molecule has 2 aromatic carbocycles. The highest BCUT2D eigenvalue weighted by molar-refractivity contribution is 8.00. The van der Waals surface area contributed by atoms with E-state index in [2.05, 4.69) is 15.3 Å². The van der Waals surface area contributed by atoms with Crippen molar-refractivity contribution in [2.24, 2.45) is 5.14 Å². The monoisotopic (exact) mass is 470 g/mol. The average Bonchev–Trinajstić information content (AvgIpc) is 2.71. The summed E-state index contributed by atoms with van der Waals surface area (Å²) in [5.41, 5.74) is 0.938. The van der Waals surface area contributed by atoms with Crippen LogP contribution in [-0.2, 0) is 27.4 Å². The van der Waals surface area contributed by atoms with Gasteiger partial charge in [-0.1, -0.05) is 42.1 Å². The van der Waals surface area contributed by atoms with Crippen LogP contribution >= 0.6 is 11.8 Å². The number of carbonyl (C=O) groups excluding carboxylic acids is 1. The van der Waals surface area contributed by atoms with Crippen molar-refractivity contribution in [2.45, 2.75) is 22.5 Å². The Hall–Kier alpha value is -2.70. The quantitative estimate of drug-likeness (QED) is 0.405. The van der Waals surface area contributed by atoms with E-state index in [1.807, 2.05) is 0 Å². The van der Waals surface area contributed by atoms with Crippen LogP contribution in [-0.4, -0.2) is 36.6 Å². The van der Waals surface area contributed by atoms with Gasteiger partial charge in [0, 0.05) is 11.9 Å². The number of primary sulfonamides is 1. The fraction of sp³-hybridized carbons (Fsp3) is 0.211. The van der Waals surface area contributed by atoms with E-state index in [-0.39, 0.29) is 33.6 Å². The first-order valence-electron chi connectivity index (χ1n) is 8.89. The van der Waals surface area contributed by atoms with Crippen molar-refractivity contribution < 1.29 is 26.4 Å². The number of halogens is 3. The van der Waals surface area contributed by atoms with Crippen molar-refractivity contribution in [1.29, 1.82) is 0 Å². The fourth-order valence-corrected chi connectivity index (χ4v) is 4.03. The third kappa shape index (κ3) is 6.15. The summed E-state index contributed by atoms with van der Waals surface area (Å²) in [7, 11) is -3.77. The number of hydrogen-bond acceptors (Lipinski definition) is 6. The van der Waals surface area contributed by atoms with Crippen molar-refractivity contribution in [3.8, 4) is 0 Å². The standard InChI is InChI=1S/C19H17F3N4O3S2/c20-19(21,22)18-25-15-4-2-1-3-14(15)17(26-18)30-11-16(27)24-10-9-12-5-7-13(8-6-12)31(23,28)29/h1-8H,9-11H2,(H,24,27)(H2,23,28,29). The SMILES string of the molecule is NS(=O)(=O)c1ccc(CCNC(=O)CSc2nc(C(F)(F)F)nc3ccccc23)cc1. The van der Waals surface area contributed by atoms with E-state index < -0.39 is 22.0 Å². The summed E-state index contributed by atoms with van der Waals surface area (Å²) in [6.07, 6.45) is -4.25. The van der Waals surface area contributed by atoms with Gasteiger partial charge in [0.2, 0.25) is 21.8 Å². The van der Waals surface area contributed by atoms with Gasteiger partial charge in [-0.25, -0.2) is 23.5 Å². The molecule has 0 aliphatic carbocycles. The smallest absolute Gasteiger partial charge is 0.355 e. The molecule has 31 heavy (non-hydrogen) atoms. The van der Waals surface area contributed by atoms with Gasteiger partial charge in [-0.15, -0.1) is 0 Å². The molecule has 0 radical (unpaired) electrons. The minimum absolute atomic E-state index is 0.00742. The molecule has 3 aromatic rings. The Morgan fingerprint density at radius 3 is 2.39 bits per heavy atom. The van der Waals surface area contributed by atoms with Gasteiger partial charge in [0.05, 0.1) is 16.2 Å². The highest BCUT2D eigenvalue weighted by Gasteiger charge is 2.35. The molecule has 0 saturated carbocycles. The van der Waals surface area contributed by atoms with Crippen LogP contribution in [0.25, 0.3) is 10.9 Å². The summed E-state index contributed by atoms with van der Waals surface area (Å²) < 4.78 is 61.7. The number of fused-ring (bicyclic) bond motifs is 1. The lowest BCUT2D eigenvalue weighted by atomic mass is 10.1. The number of thioether (sulfide) groups is 1. The predicted molar refractivity (Wildman–Crippen MR) is 110 cm³/mol. The normalized spacial score (nSPS) is 12.1. The molecule has 3 rings (SSSR count). The molecule has 1 heterocycles. The molecule has 7 nitrogen and oxygen atoms in total. The van der Waals surface area contributed by atoms with Crippen LogP contribution in [0.4, 0.5) is 13.2 Å². The Bertz CT molecular complexity index is 1200. The van der Waals surface area contributed by atoms with Crippen LogP contribution in [0, 0.1) is 0 Å². The van der Waals surface area contributed by atoms with E-state index in [1.165, 1.54) is 18.2 Å². The van der Waals surface area contributed by atoms with Crippen LogP contribution in [0.15, 0.2) is 58.5 Å². The molecule has 12 heteroatoms. The number of hydrogen-bond donors (Lipinski definition) is 2. The molecule has 1 amide bonds. The van der Waals surface area contributed by atoms with Crippen LogP contribution in [0.1, 0.15) is 11.4 Å². The maximum absolute atomic E-state index is 13.1. The van der Waals surface area contributed by atoms with E-state index >= 15 is 0 Å². The van der Waals surface area contributed by atoms with Gasteiger partial charge in [-0.05, 0) is 30.2 Å². The molecule has 0 atom stereocenters. The van der Waals surface area contributed by atoms with Gasteiger partial charge in [0.25, 0.3) is 0 Å². The zero-order valence-electron chi connectivity index (χ0n) is 15.9. The summed E-state index contributed by atoms with van der Waals surface area (Å²) in [6.45, 7) is 0.270. The first-order chi connectivity index (χ1) is 14.5. The second kappa shape index (κ2) is 9.20. The van der Waals surface area contributed by atoms with Crippen molar-refractivity contribution >= 4 is 38.6 Å². The lowest BCUT2D eigenvalue weighted by molar-refractivity contribution is -0.145. The van der Waals surface area contributed by atoms with Gasteiger partial charge in [-0.2, -0.15) is 13.2 Å². The van der Waals surface area contributed by atoms with Crippen LogP contribution in [0.2, 0.25) is 0 Å². The van der Waals surface area contributed by atoms with E-state index in [0.717, 1.165) is 17.3 Å². The Labute approximate surface area is 180 Å². The molecule has 1 aromatic heterocycles. The van der Waals surface area contributed by atoms with Crippen LogP contribution in [0.5, 0.6) is 0 Å². The van der Waals surface area contributed by atoms with E-state index in [1.54, 1.807) is 30.3 Å². The molecule has 0 aliphatic rings. The number of benzene rings is 2. The largest absolute Gasteiger partial charge is 0.451 e. The zero-order chi connectivity index (χ0) is 22.6. The molecule has 3 N–H and O–H groups in total. The second-order valence-electron chi connectivity index (χ2n) is 6.44. The molecule has 0 spiro atoms. The molecule has 0 bridgehead atoms. The number of nitrogens with zero attached hydrogens (tertiary/aromatic N) is 2. The number of carbonyl (C=O) groups is 1. The lowest BCUT2D eigenvalue weighted by Gasteiger charge is -2.10. The summed E-state index contributed by atoms with van der Waals surface area (Å²) >= 11 is 0.895. The third-order valence-electron chi connectivity index (χ3n) is 4.15. The van der Waals surface area contributed by atoms with E-state index in [9.17, 15) is 26.4 Å². The Morgan fingerprint density at radius 2 is 1.74 bits per heavy atom. The topological polar surface area (TPSA) is 115 Å². The van der Waals surface area contributed by atoms with Gasteiger partial charge in [-0.3, -0.25) is 4.79 Å². The summed E-state index contributed by atoms with van der Waals surface area (Å²) in [5, 5.41) is 8.22. The summed E-state index contributed by atoms with van der Waals surface area (Å²) in [4.78, 5) is 19.2. The highest BCUT2D eigenvalue weighted by Crippen LogP contribution is 2.31. The number of alkyl halides is 3. The summed E-state index contributed by atoms with van der Waals surface area (Å²) in [5.74, 6) is -1.75. The number of para-hydroxylation sites is 1. The predicted octanol–water partition coefficient (Wildman–Crippen LogP) is 2.75. The minimum atomic E-state index is -4.69. The van der Waals surface area contributed by atoms with Crippen molar-refractivity contribution in [3.05, 3.63) is 59.9 Å². The molecule has 0 aliphatic heterocycles. The van der Waals surface area contributed by atoms with Crippen molar-refractivity contribution in [1.82, 2.24) is 15.3 Å². The van der Waals surface area contributed by atoms with Crippen LogP contribution < -0.4 is 10.5 Å². The molecule has 0 saturated heterocycles. The van der Waals surface area contributed by atoms with Gasteiger partial charge in [0.1, 0.15) is 5.03 Å². The second-order valence-corrected chi connectivity index (χ2v) is 8.97. The first-order valence-corrected chi connectivity index (χ1v) is 11.4. The third-order valence-corrected chi connectivity index (χ3v) is 6.07. The Morgan fingerprint density at radius 1 is 1.06 bits per heavy atom. The van der Waals surface area contributed by atoms with Gasteiger partial charge >= 0.3 is 6.18 Å². The molecule has 164 valence electrons. The maximum Gasteiger partial charge on any atom is 0.451 e. The lowest BCUT2D eigenvalue weighted by Crippen LogP contribution is -2.27. The maximum atomic E-state index is 13.1. The Balaban J connectivity index is 1.59. The van der Waals surface area contributed by atoms with Crippen LogP contribution in [0.3, 0.4) is 0 Å². The number of aromatic nitrogens is 2. The number of nitrogens with one attached hydrogen (secondary N) is 1. The van der Waals surface area contributed by atoms with Gasteiger partial charge < -0.3 is 5.32 Å². The Kier molecular flexibility index (Phi) is 6.82. The van der Waals surface area contributed by atoms with E-state index in [4.69, 9.17) is 5.14 Å². The van der Waals surface area contributed by atoms with Gasteiger partial charge in [0.15, 0.2) is 0 Å². The molecule has 0 unspecified atom stereocenters. The molecule has 0 fully saturated rings. The zero-order valence-corrected chi connectivity index (χ0v) is 17.5. The number of rotatable bonds is 7. The first kappa shape index (κ1) is 23.0. The van der Waals surface area contributed by atoms with Crippen molar-refractivity contribution in [3.63, 3.8) is 0 Å². The van der Waals surface area contributed by atoms with E-state index in [0.29, 0.717) is 11.8 Å². The summed E-state index contributed by atoms with van der Waals surface area (Å²) in [6, 6.07) is 12.2. The highest BCUT2D eigenvalue weighted by atomic mass is 32.2. The number of nitrogens with two attached hydrogens (primary N) is 1.